The maximum Gasteiger partial charge on any atom is 0.159 e. The van der Waals surface area contributed by atoms with Gasteiger partial charge in [-0.25, -0.2) is 8.78 Å². The zero-order chi connectivity index (χ0) is 15.4. The first kappa shape index (κ1) is 16.5. The van der Waals surface area contributed by atoms with Crippen molar-refractivity contribution in [3.63, 3.8) is 0 Å². The van der Waals surface area contributed by atoms with Crippen molar-refractivity contribution in [3.8, 4) is 0 Å². The van der Waals surface area contributed by atoms with E-state index in [9.17, 15) is 8.78 Å². The highest BCUT2D eigenvalue weighted by Gasteiger charge is 2.19. The van der Waals surface area contributed by atoms with E-state index in [1.807, 2.05) is 13.0 Å². The van der Waals surface area contributed by atoms with Crippen molar-refractivity contribution in [2.75, 3.05) is 6.54 Å². The second-order valence-corrected chi connectivity index (χ2v) is 6.35. The maximum atomic E-state index is 13.5. The third-order valence-corrected chi connectivity index (χ3v) is 4.05. The minimum atomic E-state index is -0.857. The lowest BCUT2D eigenvalue weighted by Crippen LogP contribution is -2.24. The fourth-order valence-electron chi connectivity index (χ4n) is 1.99. The van der Waals surface area contributed by atoms with Crippen LogP contribution in [0.5, 0.6) is 0 Å². The molecule has 1 aromatic carbocycles. The summed E-state index contributed by atoms with van der Waals surface area (Å²) in [7, 11) is 0. The van der Waals surface area contributed by atoms with E-state index in [0.717, 1.165) is 33.7 Å². The van der Waals surface area contributed by atoms with Crippen LogP contribution >= 0.6 is 31.9 Å². The number of hydrogen-bond acceptors (Lipinski definition) is 2. The summed E-state index contributed by atoms with van der Waals surface area (Å²) in [5.41, 5.74) is 1.37. The molecule has 1 unspecified atom stereocenters. The first-order valence-electron chi connectivity index (χ1n) is 6.52. The van der Waals surface area contributed by atoms with Gasteiger partial charge >= 0.3 is 0 Å². The molecule has 0 aliphatic carbocycles. The molecule has 0 aliphatic rings. The van der Waals surface area contributed by atoms with Crippen molar-refractivity contribution in [2.24, 2.45) is 0 Å². The van der Waals surface area contributed by atoms with Gasteiger partial charge in [-0.1, -0.05) is 13.0 Å². The van der Waals surface area contributed by atoms with Gasteiger partial charge in [-0.2, -0.15) is 0 Å². The lowest BCUT2D eigenvalue weighted by atomic mass is 10.0. The molecular formula is C15H14Br2F2N2. The molecule has 0 spiro atoms. The summed E-state index contributed by atoms with van der Waals surface area (Å²) in [6.07, 6.45) is 2.61. The van der Waals surface area contributed by atoms with Gasteiger partial charge < -0.3 is 5.32 Å². The molecular weight excluding hydrogens is 406 g/mol. The first-order valence-corrected chi connectivity index (χ1v) is 8.10. The summed E-state index contributed by atoms with van der Waals surface area (Å²) >= 11 is 6.82. The van der Waals surface area contributed by atoms with Crippen LogP contribution in [-0.2, 0) is 0 Å². The number of halogens is 4. The monoisotopic (exact) mass is 418 g/mol. The van der Waals surface area contributed by atoms with E-state index in [1.165, 1.54) is 6.07 Å². The number of nitrogens with one attached hydrogen (secondary N) is 1. The highest BCUT2D eigenvalue weighted by molar-refractivity contribution is 9.11. The lowest BCUT2D eigenvalue weighted by Gasteiger charge is -2.20. The maximum absolute atomic E-state index is 13.5. The van der Waals surface area contributed by atoms with Gasteiger partial charge in [0.1, 0.15) is 0 Å². The number of hydrogen-bond donors (Lipinski definition) is 1. The summed E-state index contributed by atoms with van der Waals surface area (Å²) in [6.45, 7) is 2.78. The van der Waals surface area contributed by atoms with E-state index in [0.29, 0.717) is 5.56 Å². The average molecular weight is 420 g/mol. The number of aromatic nitrogens is 1. The zero-order valence-corrected chi connectivity index (χ0v) is 14.5. The molecule has 21 heavy (non-hydrogen) atoms. The molecule has 0 fully saturated rings. The minimum absolute atomic E-state index is 0.303. The van der Waals surface area contributed by atoms with Crippen LogP contribution in [0, 0.1) is 11.6 Å². The molecule has 2 aromatic rings. The number of rotatable bonds is 5. The van der Waals surface area contributed by atoms with Crippen molar-refractivity contribution in [2.45, 2.75) is 19.4 Å². The van der Waals surface area contributed by atoms with E-state index in [2.05, 4.69) is 42.2 Å². The molecule has 1 N–H and O–H groups in total. The van der Waals surface area contributed by atoms with Crippen LogP contribution in [0.15, 0.2) is 39.4 Å². The van der Waals surface area contributed by atoms with Crippen LogP contribution in [0.25, 0.3) is 0 Å². The van der Waals surface area contributed by atoms with Crippen LogP contribution in [0.1, 0.15) is 30.6 Å². The summed E-state index contributed by atoms with van der Waals surface area (Å²) in [6, 6.07) is 5.49. The van der Waals surface area contributed by atoms with E-state index in [-0.39, 0.29) is 6.04 Å². The van der Waals surface area contributed by atoms with Gasteiger partial charge in [-0.3, -0.25) is 4.98 Å². The van der Waals surface area contributed by atoms with Crippen LogP contribution in [0.2, 0.25) is 0 Å². The molecule has 0 saturated carbocycles. The first-order chi connectivity index (χ1) is 10.0. The highest BCUT2D eigenvalue weighted by Crippen LogP contribution is 2.29. The summed E-state index contributed by atoms with van der Waals surface area (Å²) in [4.78, 5) is 4.39. The van der Waals surface area contributed by atoms with Crippen molar-refractivity contribution in [3.05, 3.63) is 62.3 Å². The van der Waals surface area contributed by atoms with Gasteiger partial charge in [-0.05, 0) is 68.6 Å². The van der Waals surface area contributed by atoms with Gasteiger partial charge in [0.25, 0.3) is 0 Å². The largest absolute Gasteiger partial charge is 0.305 e. The van der Waals surface area contributed by atoms with Crippen LogP contribution in [0.3, 0.4) is 0 Å². The Morgan fingerprint density at radius 1 is 1.19 bits per heavy atom. The van der Waals surface area contributed by atoms with Crippen molar-refractivity contribution in [1.29, 1.82) is 0 Å². The second kappa shape index (κ2) is 7.42. The topological polar surface area (TPSA) is 24.9 Å². The normalized spacial score (nSPS) is 12.4. The Hall–Kier alpha value is -0.850. The second-order valence-electron chi connectivity index (χ2n) is 4.58. The zero-order valence-electron chi connectivity index (χ0n) is 11.3. The fourth-order valence-corrected chi connectivity index (χ4v) is 3.21. The Morgan fingerprint density at radius 2 is 1.95 bits per heavy atom. The van der Waals surface area contributed by atoms with Crippen LogP contribution < -0.4 is 5.32 Å². The molecule has 0 radical (unpaired) electrons. The summed E-state index contributed by atoms with van der Waals surface area (Å²) in [5.74, 6) is -1.71. The molecule has 0 bridgehead atoms. The van der Waals surface area contributed by atoms with Crippen LogP contribution in [-0.4, -0.2) is 11.5 Å². The SMILES string of the molecule is CCCNC(c1ccc(F)c(F)c1)c1ncc(Br)cc1Br. The van der Waals surface area contributed by atoms with Gasteiger partial charge in [0.05, 0.1) is 11.7 Å². The van der Waals surface area contributed by atoms with E-state index in [1.54, 1.807) is 12.3 Å². The van der Waals surface area contributed by atoms with Gasteiger partial charge in [0, 0.05) is 15.1 Å². The standard InChI is InChI=1S/C15H14Br2F2N2/c1-2-5-20-14(9-3-4-12(18)13(19)6-9)15-11(17)7-10(16)8-21-15/h3-4,6-8,14,20H,2,5H2,1H3. The Labute approximate surface area is 139 Å². The van der Waals surface area contributed by atoms with E-state index in [4.69, 9.17) is 0 Å². The third kappa shape index (κ3) is 4.08. The molecule has 0 aliphatic heterocycles. The molecule has 6 heteroatoms. The Bertz CT molecular complexity index is 635. The summed E-state index contributed by atoms with van der Waals surface area (Å²) < 4.78 is 28.3. The molecule has 112 valence electrons. The molecule has 0 amide bonds. The molecule has 2 rings (SSSR count). The predicted octanol–water partition coefficient (Wildman–Crippen LogP) is 4.97. The van der Waals surface area contributed by atoms with Crippen molar-refractivity contribution in [1.82, 2.24) is 10.3 Å². The number of nitrogens with zero attached hydrogens (tertiary/aromatic N) is 1. The molecule has 1 heterocycles. The van der Waals surface area contributed by atoms with Gasteiger partial charge in [0.15, 0.2) is 11.6 Å². The average Bonchev–Trinajstić information content (AvgIpc) is 2.44. The van der Waals surface area contributed by atoms with E-state index < -0.39 is 11.6 Å². The smallest absolute Gasteiger partial charge is 0.159 e. The molecule has 2 nitrogen and oxygen atoms in total. The van der Waals surface area contributed by atoms with Gasteiger partial charge in [0.2, 0.25) is 0 Å². The third-order valence-electron chi connectivity index (χ3n) is 2.99. The molecule has 1 aromatic heterocycles. The Balaban J connectivity index is 2.44. The van der Waals surface area contributed by atoms with E-state index >= 15 is 0 Å². The number of benzene rings is 1. The Kier molecular flexibility index (Phi) is 5.84. The van der Waals surface area contributed by atoms with Crippen LogP contribution in [0.4, 0.5) is 8.78 Å². The lowest BCUT2D eigenvalue weighted by molar-refractivity contribution is 0.502. The number of pyridine rings is 1. The van der Waals surface area contributed by atoms with Crippen molar-refractivity contribution < 1.29 is 8.78 Å². The Morgan fingerprint density at radius 3 is 2.57 bits per heavy atom. The predicted molar refractivity (Wildman–Crippen MR) is 86.1 cm³/mol. The van der Waals surface area contributed by atoms with Crippen molar-refractivity contribution >= 4 is 31.9 Å². The minimum Gasteiger partial charge on any atom is -0.305 e. The quantitative estimate of drug-likeness (QED) is 0.739. The molecule has 1 atom stereocenters. The molecule has 0 saturated heterocycles. The van der Waals surface area contributed by atoms with Gasteiger partial charge in [-0.15, -0.1) is 0 Å². The fraction of sp³-hybridized carbons (Fsp3) is 0.267. The summed E-state index contributed by atoms with van der Waals surface area (Å²) in [5, 5.41) is 3.31. The highest BCUT2D eigenvalue weighted by atomic mass is 79.9.